The molecule has 0 amide bonds. The molecule has 1 N–H and O–H groups in total. The third kappa shape index (κ3) is 6.01. The topological polar surface area (TPSA) is 55.3 Å². The van der Waals surface area contributed by atoms with E-state index in [0.717, 1.165) is 43.5 Å². The first-order valence-corrected chi connectivity index (χ1v) is 10.00. The largest absolute Gasteiger partial charge is 0.493 e. The van der Waals surface area contributed by atoms with E-state index < -0.39 is 0 Å². The monoisotopic (exact) mass is 525 g/mol. The molecule has 1 atom stereocenters. The number of rotatable bonds is 6. The van der Waals surface area contributed by atoms with Gasteiger partial charge in [0.2, 0.25) is 0 Å². The Labute approximate surface area is 196 Å². The Morgan fingerprint density at radius 2 is 1.93 bits per heavy atom. The van der Waals surface area contributed by atoms with Gasteiger partial charge >= 0.3 is 0 Å². The lowest BCUT2D eigenvalue weighted by Crippen LogP contribution is -2.48. The SMILES string of the molecule is CN=C(NCCc1ccc(OC)c(OC)c1)N1CCOC(c2ccccc2C)C1.I. The molecule has 6 nitrogen and oxygen atoms in total. The van der Waals surface area contributed by atoms with Crippen LogP contribution in [0, 0.1) is 6.92 Å². The molecule has 30 heavy (non-hydrogen) atoms. The molecule has 1 heterocycles. The van der Waals surface area contributed by atoms with Crippen LogP contribution in [0.25, 0.3) is 0 Å². The number of halogens is 1. The molecule has 2 aromatic rings. The van der Waals surface area contributed by atoms with Crippen LogP contribution < -0.4 is 14.8 Å². The van der Waals surface area contributed by atoms with Gasteiger partial charge in [-0.1, -0.05) is 30.3 Å². The van der Waals surface area contributed by atoms with Crippen LogP contribution in [0.4, 0.5) is 0 Å². The third-order valence-corrected chi connectivity index (χ3v) is 5.26. The number of hydrogen-bond acceptors (Lipinski definition) is 4. The predicted octanol–water partition coefficient (Wildman–Crippen LogP) is 3.82. The van der Waals surface area contributed by atoms with Crippen LogP contribution in [-0.2, 0) is 11.2 Å². The standard InChI is InChI=1S/C23H31N3O3.HI/c1-17-7-5-6-8-19(17)22-16-26(13-14-29-22)23(24-2)25-12-11-18-9-10-20(27-3)21(15-18)28-4;/h5-10,15,22H,11-14,16H2,1-4H3,(H,24,25);1H. The van der Waals surface area contributed by atoms with Crippen molar-refractivity contribution in [2.24, 2.45) is 4.99 Å². The summed E-state index contributed by atoms with van der Waals surface area (Å²) in [6.45, 7) is 5.23. The average Bonchev–Trinajstić information content (AvgIpc) is 2.77. The van der Waals surface area contributed by atoms with Gasteiger partial charge in [-0.2, -0.15) is 0 Å². The van der Waals surface area contributed by atoms with Gasteiger partial charge in [-0.3, -0.25) is 4.99 Å². The van der Waals surface area contributed by atoms with Gasteiger partial charge < -0.3 is 24.4 Å². The Morgan fingerprint density at radius 3 is 2.63 bits per heavy atom. The van der Waals surface area contributed by atoms with E-state index in [1.807, 2.05) is 19.2 Å². The number of nitrogens with zero attached hydrogens (tertiary/aromatic N) is 2. The zero-order chi connectivity index (χ0) is 20.6. The lowest BCUT2D eigenvalue weighted by Gasteiger charge is -2.35. The molecule has 1 saturated heterocycles. The molecule has 0 aliphatic carbocycles. The van der Waals surface area contributed by atoms with Crippen LogP contribution in [0.2, 0.25) is 0 Å². The lowest BCUT2D eigenvalue weighted by atomic mass is 10.0. The van der Waals surface area contributed by atoms with E-state index >= 15 is 0 Å². The quantitative estimate of drug-likeness (QED) is 0.353. The number of aryl methyl sites for hydroxylation is 1. The van der Waals surface area contributed by atoms with Crippen molar-refractivity contribution in [3.05, 3.63) is 59.2 Å². The predicted molar refractivity (Wildman–Crippen MR) is 131 cm³/mol. The van der Waals surface area contributed by atoms with E-state index in [0.29, 0.717) is 6.61 Å². The molecule has 164 valence electrons. The summed E-state index contributed by atoms with van der Waals surface area (Å²) in [5, 5.41) is 3.49. The summed E-state index contributed by atoms with van der Waals surface area (Å²) in [6, 6.07) is 14.4. The van der Waals surface area contributed by atoms with Crippen molar-refractivity contribution in [2.45, 2.75) is 19.4 Å². The van der Waals surface area contributed by atoms with Crippen molar-refractivity contribution < 1.29 is 14.2 Å². The minimum Gasteiger partial charge on any atom is -0.493 e. The van der Waals surface area contributed by atoms with Crippen molar-refractivity contribution >= 4 is 29.9 Å². The van der Waals surface area contributed by atoms with Gasteiger partial charge in [-0.15, -0.1) is 24.0 Å². The highest BCUT2D eigenvalue weighted by molar-refractivity contribution is 14.0. The molecular weight excluding hydrogens is 493 g/mol. The van der Waals surface area contributed by atoms with Crippen molar-refractivity contribution in [2.75, 3.05) is 47.5 Å². The number of hydrogen-bond donors (Lipinski definition) is 1. The Hall–Kier alpha value is -2.00. The highest BCUT2D eigenvalue weighted by Gasteiger charge is 2.25. The minimum atomic E-state index is 0. The maximum Gasteiger partial charge on any atom is 0.193 e. The third-order valence-electron chi connectivity index (χ3n) is 5.26. The van der Waals surface area contributed by atoms with Gasteiger partial charge in [0.05, 0.1) is 27.4 Å². The second-order valence-electron chi connectivity index (χ2n) is 7.08. The smallest absolute Gasteiger partial charge is 0.193 e. The number of methoxy groups -OCH3 is 2. The van der Waals surface area contributed by atoms with Crippen LogP contribution in [-0.4, -0.2) is 58.4 Å². The first-order valence-electron chi connectivity index (χ1n) is 10.00. The fraction of sp³-hybridized carbons (Fsp3) is 0.435. The van der Waals surface area contributed by atoms with Gasteiger partial charge in [0.1, 0.15) is 6.10 Å². The highest BCUT2D eigenvalue weighted by atomic mass is 127. The summed E-state index contributed by atoms with van der Waals surface area (Å²) in [5.41, 5.74) is 3.69. The van der Waals surface area contributed by atoms with Gasteiger partial charge in [-0.25, -0.2) is 0 Å². The molecule has 1 fully saturated rings. The fourth-order valence-electron chi connectivity index (χ4n) is 3.66. The minimum absolute atomic E-state index is 0. The molecule has 0 saturated carbocycles. The van der Waals surface area contributed by atoms with Gasteiger partial charge in [0.15, 0.2) is 17.5 Å². The van der Waals surface area contributed by atoms with E-state index in [1.54, 1.807) is 14.2 Å². The molecule has 0 aromatic heterocycles. The zero-order valence-corrected chi connectivity index (χ0v) is 20.5. The summed E-state index contributed by atoms with van der Waals surface area (Å²) in [6.07, 6.45) is 0.930. The van der Waals surface area contributed by atoms with Crippen molar-refractivity contribution in [1.82, 2.24) is 10.2 Å². The molecule has 1 unspecified atom stereocenters. The fourth-order valence-corrected chi connectivity index (χ4v) is 3.66. The van der Waals surface area contributed by atoms with Crippen molar-refractivity contribution in [3.63, 3.8) is 0 Å². The van der Waals surface area contributed by atoms with E-state index in [1.165, 1.54) is 16.7 Å². The zero-order valence-electron chi connectivity index (χ0n) is 18.2. The Morgan fingerprint density at radius 1 is 1.17 bits per heavy atom. The van der Waals surface area contributed by atoms with Crippen LogP contribution in [0.1, 0.15) is 22.8 Å². The van der Waals surface area contributed by atoms with E-state index in [2.05, 4.69) is 52.5 Å². The van der Waals surface area contributed by atoms with E-state index in [9.17, 15) is 0 Å². The molecule has 0 bridgehead atoms. The normalized spacial score (nSPS) is 16.6. The van der Waals surface area contributed by atoms with Crippen molar-refractivity contribution in [3.8, 4) is 11.5 Å². The Bertz CT molecular complexity index is 844. The average molecular weight is 525 g/mol. The Kier molecular flexibility index (Phi) is 9.71. The molecule has 1 aliphatic rings. The number of morpholine rings is 1. The van der Waals surface area contributed by atoms with Crippen molar-refractivity contribution in [1.29, 1.82) is 0 Å². The second kappa shape index (κ2) is 12.0. The Balaban J connectivity index is 0.00000320. The summed E-state index contributed by atoms with van der Waals surface area (Å²) >= 11 is 0. The number of aliphatic imine (C=N–C) groups is 1. The molecule has 1 aliphatic heterocycles. The number of ether oxygens (including phenoxy) is 3. The van der Waals surface area contributed by atoms with Crippen LogP contribution in [0.15, 0.2) is 47.5 Å². The molecule has 7 heteroatoms. The number of nitrogens with one attached hydrogen (secondary N) is 1. The molecule has 3 rings (SSSR count). The van der Waals surface area contributed by atoms with E-state index in [-0.39, 0.29) is 30.1 Å². The van der Waals surface area contributed by atoms with Gasteiger partial charge in [0.25, 0.3) is 0 Å². The molecule has 0 radical (unpaired) electrons. The van der Waals surface area contributed by atoms with Gasteiger partial charge in [-0.05, 0) is 42.2 Å². The summed E-state index contributed by atoms with van der Waals surface area (Å²) in [4.78, 5) is 6.76. The highest BCUT2D eigenvalue weighted by Crippen LogP contribution is 2.28. The van der Waals surface area contributed by atoms with Crippen LogP contribution >= 0.6 is 24.0 Å². The molecule has 0 spiro atoms. The summed E-state index contributed by atoms with van der Waals surface area (Å²) in [7, 11) is 5.14. The van der Waals surface area contributed by atoms with Crippen LogP contribution in [0.5, 0.6) is 11.5 Å². The number of benzene rings is 2. The van der Waals surface area contributed by atoms with E-state index in [4.69, 9.17) is 14.2 Å². The summed E-state index contributed by atoms with van der Waals surface area (Å²) < 4.78 is 16.7. The first-order chi connectivity index (χ1) is 14.2. The maximum atomic E-state index is 6.04. The maximum absolute atomic E-state index is 6.04. The summed E-state index contributed by atoms with van der Waals surface area (Å²) in [5.74, 6) is 2.41. The first kappa shape index (κ1) is 24.3. The van der Waals surface area contributed by atoms with Crippen LogP contribution in [0.3, 0.4) is 0 Å². The molecule has 2 aromatic carbocycles. The molecular formula is C23H32IN3O3. The lowest BCUT2D eigenvalue weighted by molar-refractivity contribution is -0.00829. The van der Waals surface area contributed by atoms with Gasteiger partial charge in [0, 0.05) is 20.1 Å². The second-order valence-corrected chi connectivity index (χ2v) is 7.08. The number of guanidine groups is 1.